The monoisotopic (exact) mass is 249 g/mol. The van der Waals surface area contributed by atoms with Gasteiger partial charge in [-0.1, -0.05) is 0 Å². The summed E-state index contributed by atoms with van der Waals surface area (Å²) in [6.45, 7) is 1.97. The Morgan fingerprint density at radius 2 is 2.53 bits per heavy atom. The fourth-order valence-electron chi connectivity index (χ4n) is 2.02. The average molecular weight is 249 g/mol. The van der Waals surface area contributed by atoms with Crippen LogP contribution in [0.25, 0.3) is 0 Å². The fraction of sp³-hybridized carbons (Fsp3) is 0.500. The minimum absolute atomic E-state index is 0.426. The lowest BCUT2D eigenvalue weighted by Crippen LogP contribution is -2.32. The highest BCUT2D eigenvalue weighted by atomic mass is 32.2. The molecule has 0 aliphatic carbocycles. The standard InChI is InChI=1S/C12H15N3OS/c13-7-11-4-2-6-15-12(11)17(16)9-10-3-1-5-14-8-10/h2,4,6,10,14H,1,3,5,8-9H2. The van der Waals surface area contributed by atoms with Gasteiger partial charge in [0.25, 0.3) is 0 Å². The Morgan fingerprint density at radius 3 is 3.24 bits per heavy atom. The summed E-state index contributed by atoms with van der Waals surface area (Å²) in [7, 11) is -1.17. The van der Waals surface area contributed by atoms with Crippen molar-refractivity contribution in [3.8, 4) is 6.07 Å². The molecule has 90 valence electrons. The van der Waals surface area contributed by atoms with Crippen molar-refractivity contribution in [3.05, 3.63) is 23.9 Å². The van der Waals surface area contributed by atoms with E-state index in [1.165, 1.54) is 0 Å². The van der Waals surface area contributed by atoms with E-state index in [4.69, 9.17) is 5.26 Å². The van der Waals surface area contributed by atoms with Crippen molar-refractivity contribution in [1.82, 2.24) is 10.3 Å². The number of hydrogen-bond acceptors (Lipinski definition) is 4. The van der Waals surface area contributed by atoms with E-state index in [1.54, 1.807) is 18.3 Å². The third-order valence-corrected chi connectivity index (χ3v) is 4.42. The molecule has 0 amide bonds. The first-order valence-corrected chi connectivity index (χ1v) is 7.07. The van der Waals surface area contributed by atoms with Gasteiger partial charge >= 0.3 is 0 Å². The Kier molecular flexibility index (Phi) is 4.24. The summed E-state index contributed by atoms with van der Waals surface area (Å²) in [5.74, 6) is 1.02. The molecule has 1 aromatic rings. The van der Waals surface area contributed by atoms with Crippen LogP contribution in [0.4, 0.5) is 0 Å². The maximum Gasteiger partial charge on any atom is 0.144 e. The van der Waals surface area contributed by atoms with E-state index in [9.17, 15) is 4.21 Å². The van der Waals surface area contributed by atoms with Crippen LogP contribution < -0.4 is 5.32 Å². The predicted molar refractivity (Wildman–Crippen MR) is 65.8 cm³/mol. The molecule has 4 nitrogen and oxygen atoms in total. The van der Waals surface area contributed by atoms with Crippen molar-refractivity contribution in [2.24, 2.45) is 5.92 Å². The van der Waals surface area contributed by atoms with Crippen LogP contribution in [-0.2, 0) is 10.8 Å². The molecule has 2 heterocycles. The van der Waals surface area contributed by atoms with Crippen LogP contribution in [0.5, 0.6) is 0 Å². The van der Waals surface area contributed by atoms with Gasteiger partial charge in [-0.3, -0.25) is 4.21 Å². The van der Waals surface area contributed by atoms with E-state index in [0.717, 1.165) is 25.9 Å². The molecule has 1 aromatic heterocycles. The summed E-state index contributed by atoms with van der Waals surface area (Å²) in [6.07, 6.45) is 3.83. The number of nitrogens with zero attached hydrogens (tertiary/aromatic N) is 2. The molecule has 2 unspecified atom stereocenters. The molecule has 1 aliphatic heterocycles. The van der Waals surface area contributed by atoms with Crippen molar-refractivity contribution < 1.29 is 4.21 Å². The SMILES string of the molecule is N#Cc1cccnc1S(=O)CC1CCCNC1. The molecule has 0 spiro atoms. The van der Waals surface area contributed by atoms with Crippen LogP contribution in [0, 0.1) is 17.2 Å². The van der Waals surface area contributed by atoms with E-state index in [2.05, 4.69) is 10.3 Å². The second kappa shape index (κ2) is 5.89. The van der Waals surface area contributed by atoms with Crippen LogP contribution in [-0.4, -0.2) is 28.0 Å². The molecule has 0 saturated carbocycles. The zero-order chi connectivity index (χ0) is 12.1. The second-order valence-electron chi connectivity index (χ2n) is 4.19. The lowest BCUT2D eigenvalue weighted by Gasteiger charge is -2.21. The number of pyridine rings is 1. The van der Waals surface area contributed by atoms with Gasteiger partial charge in [-0.25, -0.2) is 4.98 Å². The van der Waals surface area contributed by atoms with Gasteiger partial charge in [-0.2, -0.15) is 5.26 Å². The van der Waals surface area contributed by atoms with Gasteiger partial charge < -0.3 is 5.32 Å². The van der Waals surface area contributed by atoms with E-state index in [1.807, 2.05) is 6.07 Å². The topological polar surface area (TPSA) is 65.8 Å². The molecule has 0 radical (unpaired) electrons. The molecule has 0 aromatic carbocycles. The summed E-state index contributed by atoms with van der Waals surface area (Å²) >= 11 is 0. The number of piperidine rings is 1. The number of aromatic nitrogens is 1. The number of rotatable bonds is 3. The molecule has 2 atom stereocenters. The van der Waals surface area contributed by atoms with Crippen LogP contribution in [0.1, 0.15) is 18.4 Å². The Labute approximate surface area is 104 Å². The van der Waals surface area contributed by atoms with Crippen molar-refractivity contribution in [3.63, 3.8) is 0 Å². The van der Waals surface area contributed by atoms with E-state index >= 15 is 0 Å². The van der Waals surface area contributed by atoms with Crippen LogP contribution in [0.15, 0.2) is 23.4 Å². The second-order valence-corrected chi connectivity index (χ2v) is 5.60. The van der Waals surface area contributed by atoms with Gasteiger partial charge in [0.2, 0.25) is 0 Å². The maximum atomic E-state index is 12.2. The molecule has 2 rings (SSSR count). The van der Waals surface area contributed by atoms with Crippen molar-refractivity contribution in [2.45, 2.75) is 17.9 Å². The quantitative estimate of drug-likeness (QED) is 0.870. The molecular formula is C12H15N3OS. The summed E-state index contributed by atoms with van der Waals surface area (Å²) in [5.41, 5.74) is 0.426. The summed E-state index contributed by atoms with van der Waals surface area (Å²) in [5, 5.41) is 12.7. The third-order valence-electron chi connectivity index (χ3n) is 2.89. The minimum atomic E-state index is -1.17. The van der Waals surface area contributed by atoms with Gasteiger partial charge in [-0.05, 0) is 44.0 Å². The summed E-state index contributed by atoms with van der Waals surface area (Å²) in [4.78, 5) is 4.07. The van der Waals surface area contributed by atoms with Crippen LogP contribution in [0.2, 0.25) is 0 Å². The Balaban J connectivity index is 2.06. The smallest absolute Gasteiger partial charge is 0.144 e. The fourth-order valence-corrected chi connectivity index (χ4v) is 3.42. The highest BCUT2D eigenvalue weighted by Gasteiger charge is 2.19. The normalized spacial score (nSPS) is 21.7. The van der Waals surface area contributed by atoms with Crippen molar-refractivity contribution in [2.75, 3.05) is 18.8 Å². The number of nitriles is 1. The van der Waals surface area contributed by atoms with Gasteiger partial charge in [0.1, 0.15) is 11.1 Å². The molecule has 1 N–H and O–H groups in total. The van der Waals surface area contributed by atoms with E-state index in [0.29, 0.717) is 22.3 Å². The third kappa shape index (κ3) is 3.11. The Hall–Kier alpha value is -1.25. The van der Waals surface area contributed by atoms with E-state index < -0.39 is 10.8 Å². The van der Waals surface area contributed by atoms with E-state index in [-0.39, 0.29) is 0 Å². The molecule has 17 heavy (non-hydrogen) atoms. The molecule has 1 aliphatic rings. The Bertz CT molecular complexity index is 449. The van der Waals surface area contributed by atoms with Gasteiger partial charge in [0, 0.05) is 11.9 Å². The number of hydrogen-bond donors (Lipinski definition) is 1. The lowest BCUT2D eigenvalue weighted by molar-refractivity contribution is 0.408. The lowest BCUT2D eigenvalue weighted by atomic mass is 10.0. The molecular weight excluding hydrogens is 234 g/mol. The van der Waals surface area contributed by atoms with Crippen LogP contribution >= 0.6 is 0 Å². The first kappa shape index (κ1) is 12.2. The summed E-state index contributed by atoms with van der Waals surface area (Å²) < 4.78 is 12.2. The highest BCUT2D eigenvalue weighted by molar-refractivity contribution is 7.85. The van der Waals surface area contributed by atoms with Gasteiger partial charge in [0.15, 0.2) is 0 Å². The zero-order valence-corrected chi connectivity index (χ0v) is 10.4. The molecule has 1 fully saturated rings. The highest BCUT2D eigenvalue weighted by Crippen LogP contribution is 2.16. The molecule has 5 heteroatoms. The largest absolute Gasteiger partial charge is 0.316 e. The maximum absolute atomic E-state index is 12.2. The van der Waals surface area contributed by atoms with Gasteiger partial charge in [-0.15, -0.1) is 0 Å². The first-order chi connectivity index (χ1) is 8.31. The Morgan fingerprint density at radius 1 is 1.65 bits per heavy atom. The van der Waals surface area contributed by atoms with Crippen LogP contribution in [0.3, 0.4) is 0 Å². The molecule has 1 saturated heterocycles. The average Bonchev–Trinajstić information content (AvgIpc) is 2.40. The van der Waals surface area contributed by atoms with Gasteiger partial charge in [0.05, 0.1) is 16.4 Å². The minimum Gasteiger partial charge on any atom is -0.316 e. The number of nitrogens with one attached hydrogen (secondary N) is 1. The zero-order valence-electron chi connectivity index (χ0n) is 9.56. The van der Waals surface area contributed by atoms with Crippen molar-refractivity contribution in [1.29, 1.82) is 5.26 Å². The molecule has 0 bridgehead atoms. The first-order valence-electron chi connectivity index (χ1n) is 5.75. The van der Waals surface area contributed by atoms with Crippen molar-refractivity contribution >= 4 is 10.8 Å². The predicted octanol–water partition coefficient (Wildman–Crippen LogP) is 1.06. The summed E-state index contributed by atoms with van der Waals surface area (Å²) in [6, 6.07) is 5.40.